The van der Waals surface area contributed by atoms with E-state index < -0.39 is 0 Å². The van der Waals surface area contributed by atoms with Crippen LogP contribution in [0.3, 0.4) is 0 Å². The van der Waals surface area contributed by atoms with Crippen LogP contribution >= 0.6 is 11.6 Å². The van der Waals surface area contributed by atoms with E-state index in [9.17, 15) is 4.79 Å². The molecule has 0 bridgehead atoms. The maximum atomic E-state index is 11.9. The van der Waals surface area contributed by atoms with E-state index in [0.717, 1.165) is 0 Å². The SMILES string of the molecule is COCCC(C)C(=O)c1ncccc1Cl. The first kappa shape index (κ1) is 12.1. The molecule has 0 aliphatic rings. The summed E-state index contributed by atoms with van der Waals surface area (Å²) in [6, 6.07) is 3.38. The van der Waals surface area contributed by atoms with E-state index in [1.165, 1.54) is 0 Å². The Morgan fingerprint density at radius 2 is 2.40 bits per heavy atom. The highest BCUT2D eigenvalue weighted by Gasteiger charge is 2.18. The number of Topliss-reactive ketones (excluding diaryl/α,β-unsaturated/α-hetero) is 1. The molecule has 1 aromatic rings. The molecule has 0 amide bonds. The number of rotatable bonds is 5. The summed E-state index contributed by atoms with van der Waals surface area (Å²) in [6.45, 7) is 2.42. The second-order valence-electron chi connectivity index (χ2n) is 3.38. The second kappa shape index (κ2) is 5.83. The van der Waals surface area contributed by atoms with Gasteiger partial charge in [0, 0.05) is 25.8 Å². The van der Waals surface area contributed by atoms with Crippen LogP contribution in [0.4, 0.5) is 0 Å². The van der Waals surface area contributed by atoms with E-state index in [2.05, 4.69) is 4.98 Å². The van der Waals surface area contributed by atoms with Crippen LogP contribution in [-0.4, -0.2) is 24.5 Å². The Morgan fingerprint density at radius 3 is 3.00 bits per heavy atom. The molecule has 4 heteroatoms. The Morgan fingerprint density at radius 1 is 1.67 bits per heavy atom. The smallest absolute Gasteiger partial charge is 0.185 e. The summed E-state index contributed by atoms with van der Waals surface area (Å²) in [7, 11) is 1.62. The van der Waals surface area contributed by atoms with Crippen molar-refractivity contribution < 1.29 is 9.53 Å². The maximum Gasteiger partial charge on any atom is 0.185 e. The lowest BCUT2D eigenvalue weighted by atomic mass is 10.0. The Balaban J connectivity index is 2.72. The number of hydrogen-bond acceptors (Lipinski definition) is 3. The second-order valence-corrected chi connectivity index (χ2v) is 3.79. The molecule has 0 aliphatic heterocycles. The van der Waals surface area contributed by atoms with Gasteiger partial charge >= 0.3 is 0 Å². The van der Waals surface area contributed by atoms with Crippen molar-refractivity contribution in [2.75, 3.05) is 13.7 Å². The molecule has 3 nitrogen and oxygen atoms in total. The van der Waals surface area contributed by atoms with Gasteiger partial charge in [-0.15, -0.1) is 0 Å². The van der Waals surface area contributed by atoms with Gasteiger partial charge in [-0.05, 0) is 18.6 Å². The minimum Gasteiger partial charge on any atom is -0.385 e. The molecule has 1 aromatic heterocycles. The van der Waals surface area contributed by atoms with Crippen LogP contribution in [0.2, 0.25) is 5.02 Å². The number of pyridine rings is 1. The van der Waals surface area contributed by atoms with E-state index in [4.69, 9.17) is 16.3 Å². The first-order valence-electron chi connectivity index (χ1n) is 4.80. The summed E-state index contributed by atoms with van der Waals surface area (Å²) < 4.78 is 4.92. The van der Waals surface area contributed by atoms with Gasteiger partial charge in [-0.3, -0.25) is 9.78 Å². The van der Waals surface area contributed by atoms with Gasteiger partial charge < -0.3 is 4.74 Å². The molecule has 0 aromatic carbocycles. The number of halogens is 1. The molecule has 0 N–H and O–H groups in total. The summed E-state index contributed by atoms with van der Waals surface area (Å²) in [5.74, 6) is -0.144. The highest BCUT2D eigenvalue weighted by atomic mass is 35.5. The van der Waals surface area contributed by atoms with Crippen molar-refractivity contribution in [3.8, 4) is 0 Å². The Kier molecular flexibility index (Phi) is 4.72. The van der Waals surface area contributed by atoms with Gasteiger partial charge in [0.1, 0.15) is 5.69 Å². The average molecular weight is 228 g/mol. The van der Waals surface area contributed by atoms with Crippen molar-refractivity contribution in [3.63, 3.8) is 0 Å². The third kappa shape index (κ3) is 3.29. The number of aromatic nitrogens is 1. The van der Waals surface area contributed by atoms with Crippen molar-refractivity contribution >= 4 is 17.4 Å². The number of ketones is 1. The van der Waals surface area contributed by atoms with Gasteiger partial charge in [0.25, 0.3) is 0 Å². The van der Waals surface area contributed by atoms with Gasteiger partial charge in [0.05, 0.1) is 5.02 Å². The summed E-state index contributed by atoms with van der Waals surface area (Å²) in [5.41, 5.74) is 0.350. The fraction of sp³-hybridized carbons (Fsp3) is 0.455. The molecule has 0 aliphatic carbocycles. The zero-order chi connectivity index (χ0) is 11.3. The van der Waals surface area contributed by atoms with Crippen molar-refractivity contribution in [2.45, 2.75) is 13.3 Å². The van der Waals surface area contributed by atoms with Gasteiger partial charge in [-0.1, -0.05) is 18.5 Å². The fourth-order valence-corrected chi connectivity index (χ4v) is 1.44. The van der Waals surface area contributed by atoms with Crippen LogP contribution in [0.1, 0.15) is 23.8 Å². The summed E-state index contributed by atoms with van der Waals surface area (Å²) in [6.07, 6.45) is 2.25. The van der Waals surface area contributed by atoms with Crippen LogP contribution in [0.15, 0.2) is 18.3 Å². The minimum absolute atomic E-state index is 0.0300. The van der Waals surface area contributed by atoms with Crippen molar-refractivity contribution in [2.24, 2.45) is 5.92 Å². The van der Waals surface area contributed by atoms with Crippen LogP contribution < -0.4 is 0 Å². The number of ether oxygens (including phenoxy) is 1. The Hall–Kier alpha value is -0.930. The van der Waals surface area contributed by atoms with E-state index in [0.29, 0.717) is 23.7 Å². The number of methoxy groups -OCH3 is 1. The molecule has 1 unspecified atom stereocenters. The highest BCUT2D eigenvalue weighted by molar-refractivity contribution is 6.33. The molecule has 1 atom stereocenters. The molecule has 0 spiro atoms. The lowest BCUT2D eigenvalue weighted by molar-refractivity contribution is 0.0889. The minimum atomic E-state index is -0.114. The van der Waals surface area contributed by atoms with E-state index in [-0.39, 0.29) is 11.7 Å². The molecule has 1 rings (SSSR count). The standard InChI is InChI=1S/C11H14ClNO2/c1-8(5-7-15-2)11(14)10-9(12)4-3-6-13-10/h3-4,6,8H,5,7H2,1-2H3. The first-order chi connectivity index (χ1) is 7.16. The quantitative estimate of drug-likeness (QED) is 0.726. The zero-order valence-electron chi connectivity index (χ0n) is 8.87. The number of carbonyl (C=O) groups excluding carboxylic acids is 1. The van der Waals surface area contributed by atoms with E-state index >= 15 is 0 Å². The van der Waals surface area contributed by atoms with Crippen molar-refractivity contribution in [1.82, 2.24) is 4.98 Å². The van der Waals surface area contributed by atoms with Crippen LogP contribution in [0.5, 0.6) is 0 Å². The molecular weight excluding hydrogens is 214 g/mol. The van der Waals surface area contributed by atoms with Gasteiger partial charge in [0.2, 0.25) is 0 Å². The Labute approximate surface area is 94.4 Å². The summed E-state index contributed by atoms with van der Waals surface area (Å²) >= 11 is 5.88. The van der Waals surface area contributed by atoms with Crippen molar-refractivity contribution in [1.29, 1.82) is 0 Å². The van der Waals surface area contributed by atoms with Gasteiger partial charge in [0.15, 0.2) is 5.78 Å². The van der Waals surface area contributed by atoms with Crippen LogP contribution in [0.25, 0.3) is 0 Å². The molecule has 15 heavy (non-hydrogen) atoms. The topological polar surface area (TPSA) is 39.2 Å². The summed E-state index contributed by atoms with van der Waals surface area (Å²) in [4.78, 5) is 15.9. The first-order valence-corrected chi connectivity index (χ1v) is 5.18. The number of hydrogen-bond donors (Lipinski definition) is 0. The van der Waals surface area contributed by atoms with E-state index in [1.54, 1.807) is 25.4 Å². The third-order valence-corrected chi connectivity index (χ3v) is 2.50. The van der Waals surface area contributed by atoms with Gasteiger partial charge in [-0.25, -0.2) is 0 Å². The molecular formula is C11H14ClNO2. The zero-order valence-corrected chi connectivity index (χ0v) is 9.62. The number of nitrogens with zero attached hydrogens (tertiary/aromatic N) is 1. The van der Waals surface area contributed by atoms with Crippen LogP contribution in [0, 0.1) is 5.92 Å². The van der Waals surface area contributed by atoms with Crippen LogP contribution in [-0.2, 0) is 4.74 Å². The average Bonchev–Trinajstić information content (AvgIpc) is 2.25. The van der Waals surface area contributed by atoms with Crippen molar-refractivity contribution in [3.05, 3.63) is 29.0 Å². The van der Waals surface area contributed by atoms with Gasteiger partial charge in [-0.2, -0.15) is 0 Å². The summed E-state index contributed by atoms with van der Waals surface area (Å²) in [5, 5.41) is 0.409. The molecule has 0 saturated carbocycles. The monoisotopic (exact) mass is 227 g/mol. The number of carbonyl (C=O) groups is 1. The normalized spacial score (nSPS) is 12.5. The lowest BCUT2D eigenvalue weighted by Gasteiger charge is -2.09. The predicted molar refractivity (Wildman–Crippen MR) is 59.2 cm³/mol. The largest absolute Gasteiger partial charge is 0.385 e. The predicted octanol–water partition coefficient (Wildman–Crippen LogP) is 2.59. The molecule has 0 saturated heterocycles. The maximum absolute atomic E-state index is 11.9. The fourth-order valence-electron chi connectivity index (χ4n) is 1.23. The Bertz CT molecular complexity index is 341. The van der Waals surface area contributed by atoms with E-state index in [1.807, 2.05) is 6.92 Å². The molecule has 0 fully saturated rings. The molecule has 1 heterocycles. The highest BCUT2D eigenvalue weighted by Crippen LogP contribution is 2.17. The lowest BCUT2D eigenvalue weighted by Crippen LogP contribution is -2.15. The molecule has 0 radical (unpaired) electrons. The molecule has 82 valence electrons. The third-order valence-electron chi connectivity index (χ3n) is 2.19.